The maximum Gasteiger partial charge on any atom is 0.336 e. The number of carboxylic acid groups (broad SMARTS) is 1. The van der Waals surface area contributed by atoms with Crippen LogP contribution in [-0.2, 0) is 14.3 Å². The third-order valence-corrected chi connectivity index (χ3v) is 8.83. The largest absolute Gasteiger partial charge is 0.479 e. The van der Waals surface area contributed by atoms with Gasteiger partial charge in [-0.2, -0.15) is 0 Å². The number of carbonyl (C=O) groups is 2. The van der Waals surface area contributed by atoms with Crippen LogP contribution in [0.25, 0.3) is 0 Å². The van der Waals surface area contributed by atoms with Crippen molar-refractivity contribution in [3.63, 3.8) is 0 Å². The van der Waals surface area contributed by atoms with E-state index in [2.05, 4.69) is 0 Å². The number of hydrogen-bond donors (Lipinski definition) is 2. The van der Waals surface area contributed by atoms with Gasteiger partial charge in [-0.1, -0.05) is 19.9 Å². The zero-order valence-electron chi connectivity index (χ0n) is 15.7. The fourth-order valence-corrected chi connectivity index (χ4v) is 7.43. The highest BCUT2D eigenvalue weighted by Gasteiger charge is 2.83. The van der Waals surface area contributed by atoms with Crippen LogP contribution in [0.3, 0.4) is 0 Å². The lowest BCUT2D eigenvalue weighted by molar-refractivity contribution is -0.183. The van der Waals surface area contributed by atoms with Gasteiger partial charge in [0.2, 0.25) is 0 Å². The number of hydrogen-bond acceptors (Lipinski definition) is 4. The number of alkyl halides is 1. The lowest BCUT2D eigenvalue weighted by atomic mass is 9.46. The maximum absolute atomic E-state index is 15.2. The molecule has 0 amide bonds. The Bertz CT molecular complexity index is 834. The normalized spacial score (nSPS) is 57.9. The molecule has 0 aromatic carbocycles. The molecule has 146 valence electrons. The number of aliphatic hydroxyl groups is 1. The Kier molecular flexibility index (Phi) is 3.07. The maximum atomic E-state index is 15.2. The van der Waals surface area contributed by atoms with Crippen LogP contribution in [0, 0.1) is 28.6 Å². The van der Waals surface area contributed by atoms with Crippen LogP contribution >= 0.6 is 0 Å². The molecule has 1 aliphatic heterocycles. The van der Waals surface area contributed by atoms with E-state index in [1.165, 1.54) is 12.2 Å². The van der Waals surface area contributed by atoms with E-state index < -0.39 is 40.1 Å². The minimum Gasteiger partial charge on any atom is -0.479 e. The van der Waals surface area contributed by atoms with E-state index in [0.29, 0.717) is 18.4 Å². The standard InChI is InChI=1S/C21H25FO5/c1-10-6-12-13-8-15(22)14-7-11(23)4-5-18(14,2)21(13)16(27-21)9-19(12,3)20(10,26)17(24)25/h4-5,7,10,12-13,15-16,26H,6,8-9H2,1-3H3,(H,24,25)/t10?,12?,13?,15-,16-,18-,19-,20-,21+/m0/s1. The molecule has 0 aromatic rings. The Hall–Kier alpha value is -1.53. The number of halogens is 1. The quantitative estimate of drug-likeness (QED) is 0.687. The van der Waals surface area contributed by atoms with Crippen LogP contribution in [0.1, 0.15) is 40.0 Å². The summed E-state index contributed by atoms with van der Waals surface area (Å²) < 4.78 is 21.5. The second-order valence-corrected chi connectivity index (χ2v) is 9.68. The first kappa shape index (κ1) is 17.6. The molecule has 0 radical (unpaired) electrons. The van der Waals surface area contributed by atoms with E-state index >= 15 is 4.39 Å². The third-order valence-electron chi connectivity index (χ3n) is 8.83. The van der Waals surface area contributed by atoms with Gasteiger partial charge in [-0.15, -0.1) is 0 Å². The van der Waals surface area contributed by atoms with Gasteiger partial charge in [-0.25, -0.2) is 9.18 Å². The van der Waals surface area contributed by atoms with Crippen LogP contribution in [0.2, 0.25) is 0 Å². The summed E-state index contributed by atoms with van der Waals surface area (Å²) in [6.07, 6.45) is 4.36. The molecule has 1 spiro atoms. The van der Waals surface area contributed by atoms with E-state index in [0.717, 1.165) is 0 Å². The molecule has 1 saturated heterocycles. The van der Waals surface area contributed by atoms with E-state index in [9.17, 15) is 19.8 Å². The topological polar surface area (TPSA) is 87.1 Å². The molecule has 0 bridgehead atoms. The van der Waals surface area contributed by atoms with E-state index in [-0.39, 0.29) is 30.1 Å². The number of ketones is 1. The molecule has 3 saturated carbocycles. The molecule has 5 nitrogen and oxygen atoms in total. The van der Waals surface area contributed by atoms with E-state index in [1.807, 2.05) is 13.8 Å². The summed E-state index contributed by atoms with van der Waals surface area (Å²) in [5.74, 6) is -2.14. The van der Waals surface area contributed by atoms with E-state index in [1.54, 1.807) is 13.0 Å². The average molecular weight is 376 g/mol. The molecule has 9 atom stereocenters. The number of epoxide rings is 1. The van der Waals surface area contributed by atoms with Crippen molar-refractivity contribution in [2.24, 2.45) is 28.6 Å². The van der Waals surface area contributed by atoms with Crippen molar-refractivity contribution >= 4 is 11.8 Å². The molecule has 5 rings (SSSR count). The summed E-state index contributed by atoms with van der Waals surface area (Å²) in [6, 6.07) is 0. The van der Waals surface area contributed by atoms with Gasteiger partial charge in [0, 0.05) is 10.8 Å². The summed E-state index contributed by atoms with van der Waals surface area (Å²) in [6.45, 7) is 5.55. The Labute approximate surface area is 157 Å². The first-order valence-corrected chi connectivity index (χ1v) is 9.75. The van der Waals surface area contributed by atoms with Crippen LogP contribution in [0.4, 0.5) is 4.39 Å². The SMILES string of the molecule is CC1CC2C3C[C@H](F)C4=CC(=O)C=C[C@]4(C)[C@@]34O[C@H]4C[C@]2(C)[C@@]1(O)C(=O)O. The van der Waals surface area contributed by atoms with Gasteiger partial charge >= 0.3 is 5.97 Å². The molecule has 5 aliphatic rings. The highest BCUT2D eigenvalue weighted by Crippen LogP contribution is 2.76. The monoisotopic (exact) mass is 376 g/mol. The molecule has 3 unspecified atom stereocenters. The summed E-state index contributed by atoms with van der Waals surface area (Å²) in [7, 11) is 0. The summed E-state index contributed by atoms with van der Waals surface area (Å²) in [5, 5.41) is 21.0. The number of fused-ring (bicyclic) bond motifs is 3. The molecule has 1 heterocycles. The van der Waals surface area contributed by atoms with Crippen molar-refractivity contribution in [2.45, 2.75) is 63.5 Å². The van der Waals surface area contributed by atoms with Gasteiger partial charge in [0.05, 0.1) is 6.10 Å². The summed E-state index contributed by atoms with van der Waals surface area (Å²) >= 11 is 0. The lowest BCUT2D eigenvalue weighted by Crippen LogP contribution is -2.63. The summed E-state index contributed by atoms with van der Waals surface area (Å²) in [5.41, 5.74) is -3.53. The van der Waals surface area contributed by atoms with Crippen molar-refractivity contribution in [3.05, 3.63) is 23.8 Å². The van der Waals surface area contributed by atoms with Crippen LogP contribution in [0.5, 0.6) is 0 Å². The molecule has 4 aliphatic carbocycles. The second kappa shape index (κ2) is 4.71. The molecular formula is C21H25FO5. The van der Waals surface area contributed by atoms with Gasteiger partial charge in [-0.05, 0) is 61.7 Å². The van der Waals surface area contributed by atoms with Crippen molar-refractivity contribution in [1.82, 2.24) is 0 Å². The van der Waals surface area contributed by atoms with Crippen LogP contribution in [-0.4, -0.2) is 45.4 Å². The van der Waals surface area contributed by atoms with Crippen molar-refractivity contribution in [3.8, 4) is 0 Å². The van der Waals surface area contributed by atoms with Gasteiger partial charge < -0.3 is 14.9 Å². The number of carboxylic acids is 1. The number of aliphatic carboxylic acids is 1. The minimum atomic E-state index is -1.84. The molecular weight excluding hydrogens is 351 g/mol. The first-order chi connectivity index (χ1) is 12.5. The molecule has 0 aromatic heterocycles. The number of rotatable bonds is 1. The van der Waals surface area contributed by atoms with Crippen molar-refractivity contribution in [1.29, 1.82) is 0 Å². The van der Waals surface area contributed by atoms with Gasteiger partial charge in [0.15, 0.2) is 11.4 Å². The Morgan fingerprint density at radius 2 is 2.00 bits per heavy atom. The number of allylic oxidation sites excluding steroid dienone is 2. The Morgan fingerprint density at radius 3 is 2.67 bits per heavy atom. The fraction of sp³-hybridized carbons (Fsp3) is 0.714. The third kappa shape index (κ3) is 1.65. The lowest BCUT2D eigenvalue weighted by Gasteiger charge is -2.55. The van der Waals surface area contributed by atoms with Gasteiger partial charge in [0.1, 0.15) is 11.8 Å². The van der Waals surface area contributed by atoms with Gasteiger partial charge in [0.25, 0.3) is 0 Å². The van der Waals surface area contributed by atoms with Crippen molar-refractivity contribution < 1.29 is 28.9 Å². The average Bonchev–Trinajstić information content (AvgIpc) is 3.27. The van der Waals surface area contributed by atoms with Crippen LogP contribution in [0.15, 0.2) is 23.8 Å². The smallest absolute Gasteiger partial charge is 0.336 e. The highest BCUT2D eigenvalue weighted by molar-refractivity contribution is 6.01. The minimum absolute atomic E-state index is 0.144. The second-order valence-electron chi connectivity index (χ2n) is 9.68. The molecule has 4 fully saturated rings. The number of carbonyl (C=O) groups excluding carboxylic acids is 1. The summed E-state index contributed by atoms with van der Waals surface area (Å²) in [4.78, 5) is 23.9. The number of ether oxygens (including phenoxy) is 1. The molecule has 2 N–H and O–H groups in total. The fourth-order valence-electron chi connectivity index (χ4n) is 7.43. The highest BCUT2D eigenvalue weighted by atomic mass is 19.1. The Morgan fingerprint density at radius 1 is 1.30 bits per heavy atom. The predicted molar refractivity (Wildman–Crippen MR) is 93.5 cm³/mol. The molecule has 27 heavy (non-hydrogen) atoms. The Balaban J connectivity index is 1.64. The zero-order valence-corrected chi connectivity index (χ0v) is 15.7. The van der Waals surface area contributed by atoms with E-state index in [4.69, 9.17) is 4.74 Å². The van der Waals surface area contributed by atoms with Gasteiger partial charge in [-0.3, -0.25) is 4.79 Å². The predicted octanol–water partition coefficient (Wildman–Crippen LogP) is 2.44. The van der Waals surface area contributed by atoms with Crippen LogP contribution < -0.4 is 0 Å². The van der Waals surface area contributed by atoms with Crippen molar-refractivity contribution in [2.75, 3.05) is 0 Å². The molecule has 6 heteroatoms. The first-order valence-electron chi connectivity index (χ1n) is 9.75. The zero-order chi connectivity index (χ0) is 19.6.